The third kappa shape index (κ3) is 2.09. The number of carbonyl (C=O) groups is 2. The van der Waals surface area contributed by atoms with E-state index in [4.69, 9.17) is 5.73 Å². The van der Waals surface area contributed by atoms with Gasteiger partial charge in [0.15, 0.2) is 0 Å². The van der Waals surface area contributed by atoms with Gasteiger partial charge in [0.2, 0.25) is 0 Å². The van der Waals surface area contributed by atoms with Gasteiger partial charge < -0.3 is 5.73 Å². The second-order valence-electron chi connectivity index (χ2n) is 6.37. The van der Waals surface area contributed by atoms with E-state index in [-0.39, 0.29) is 17.2 Å². The van der Waals surface area contributed by atoms with Gasteiger partial charge >= 0.3 is 0 Å². The average Bonchev–Trinajstić information content (AvgIpc) is 2.64. The molecule has 1 heterocycles. The lowest BCUT2D eigenvalue weighted by molar-refractivity contribution is 0.0540. The summed E-state index contributed by atoms with van der Waals surface area (Å²) < 4.78 is 0. The molecule has 2 N–H and O–H groups in total. The first-order valence-corrected chi connectivity index (χ1v) is 7.26. The first-order valence-electron chi connectivity index (χ1n) is 7.26. The smallest absolute Gasteiger partial charge is 0.261 e. The molecule has 0 unspecified atom stereocenters. The number of amides is 2. The summed E-state index contributed by atoms with van der Waals surface area (Å²) in [6.45, 7) is 2.71. The molecule has 1 aromatic rings. The lowest BCUT2D eigenvalue weighted by Gasteiger charge is -2.36. The Bertz CT molecular complexity index is 574. The lowest BCUT2D eigenvalue weighted by atomic mass is 9.75. The van der Waals surface area contributed by atoms with Gasteiger partial charge in [-0.15, -0.1) is 0 Å². The number of nitrogens with zero attached hydrogens (tertiary/aromatic N) is 1. The van der Waals surface area contributed by atoms with Crippen LogP contribution in [0.5, 0.6) is 0 Å². The highest BCUT2D eigenvalue weighted by Crippen LogP contribution is 2.38. The van der Waals surface area contributed by atoms with Crippen LogP contribution in [0.2, 0.25) is 0 Å². The van der Waals surface area contributed by atoms with E-state index in [1.54, 1.807) is 18.2 Å². The molecule has 0 radical (unpaired) electrons. The van der Waals surface area contributed by atoms with Crippen molar-refractivity contribution >= 4 is 17.5 Å². The highest BCUT2D eigenvalue weighted by molar-refractivity contribution is 6.21. The van der Waals surface area contributed by atoms with E-state index in [2.05, 4.69) is 6.92 Å². The van der Waals surface area contributed by atoms with Crippen LogP contribution in [0.4, 0.5) is 5.69 Å². The van der Waals surface area contributed by atoms with Gasteiger partial charge in [-0.1, -0.05) is 26.2 Å². The van der Waals surface area contributed by atoms with Crippen molar-refractivity contribution in [3.05, 3.63) is 29.3 Å². The number of hydrogen-bond donors (Lipinski definition) is 1. The number of nitrogens with two attached hydrogens (primary N) is 1. The van der Waals surface area contributed by atoms with Gasteiger partial charge in [-0.3, -0.25) is 14.5 Å². The lowest BCUT2D eigenvalue weighted by Crippen LogP contribution is -2.40. The van der Waals surface area contributed by atoms with Gasteiger partial charge in [-0.05, 0) is 36.5 Å². The van der Waals surface area contributed by atoms with E-state index >= 15 is 0 Å². The predicted molar refractivity (Wildman–Crippen MR) is 77.4 cm³/mol. The summed E-state index contributed by atoms with van der Waals surface area (Å²) in [5.74, 6) is -0.360. The zero-order chi connectivity index (χ0) is 14.3. The monoisotopic (exact) mass is 272 g/mol. The summed E-state index contributed by atoms with van der Waals surface area (Å²) in [5.41, 5.74) is 7.25. The van der Waals surface area contributed by atoms with E-state index in [1.807, 2.05) is 0 Å². The van der Waals surface area contributed by atoms with E-state index < -0.39 is 0 Å². The van der Waals surface area contributed by atoms with E-state index in [9.17, 15) is 9.59 Å². The summed E-state index contributed by atoms with van der Waals surface area (Å²) in [5, 5.41) is 0. The Hall–Kier alpha value is -1.84. The van der Waals surface area contributed by atoms with Crippen LogP contribution in [0.1, 0.15) is 59.7 Å². The second-order valence-corrected chi connectivity index (χ2v) is 6.37. The number of carbonyl (C=O) groups excluding carboxylic acids is 2. The minimum atomic E-state index is -0.191. The molecule has 0 spiro atoms. The molecule has 2 aliphatic rings. The minimum Gasteiger partial charge on any atom is -0.399 e. The number of nitrogen functional groups attached to an aromatic ring is 1. The first kappa shape index (κ1) is 13.2. The summed E-state index contributed by atoms with van der Waals surface area (Å²) >= 11 is 0. The fourth-order valence-electron chi connectivity index (χ4n) is 3.40. The molecule has 0 bridgehead atoms. The van der Waals surface area contributed by atoms with Crippen LogP contribution in [0.25, 0.3) is 0 Å². The molecule has 1 aromatic carbocycles. The van der Waals surface area contributed by atoms with Gasteiger partial charge in [0.25, 0.3) is 11.8 Å². The van der Waals surface area contributed by atoms with Gasteiger partial charge in [-0.25, -0.2) is 0 Å². The fourth-order valence-corrected chi connectivity index (χ4v) is 3.40. The third-order valence-corrected chi connectivity index (χ3v) is 4.60. The number of fused-ring (bicyclic) bond motifs is 1. The fraction of sp³-hybridized carbons (Fsp3) is 0.500. The Balaban J connectivity index is 1.86. The molecule has 1 aliphatic carbocycles. The van der Waals surface area contributed by atoms with Crippen LogP contribution >= 0.6 is 0 Å². The van der Waals surface area contributed by atoms with Crippen molar-refractivity contribution in [2.24, 2.45) is 5.41 Å². The van der Waals surface area contributed by atoms with Crippen LogP contribution in [0.15, 0.2) is 18.2 Å². The van der Waals surface area contributed by atoms with E-state index in [1.165, 1.54) is 24.2 Å². The largest absolute Gasteiger partial charge is 0.399 e. The minimum absolute atomic E-state index is 0.0666. The van der Waals surface area contributed by atoms with Crippen LogP contribution < -0.4 is 5.73 Å². The number of rotatable bonds is 2. The van der Waals surface area contributed by atoms with Crippen molar-refractivity contribution in [3.8, 4) is 0 Å². The van der Waals surface area contributed by atoms with Crippen LogP contribution in [-0.2, 0) is 0 Å². The summed E-state index contributed by atoms with van der Waals surface area (Å²) in [4.78, 5) is 26.2. The molecule has 0 saturated heterocycles. The molecule has 4 nitrogen and oxygen atoms in total. The highest BCUT2D eigenvalue weighted by Gasteiger charge is 2.40. The molecule has 0 aromatic heterocycles. The Kier molecular flexibility index (Phi) is 3.04. The van der Waals surface area contributed by atoms with Crippen molar-refractivity contribution in [2.45, 2.75) is 39.0 Å². The van der Waals surface area contributed by atoms with E-state index in [0.717, 1.165) is 12.8 Å². The Labute approximate surface area is 118 Å². The molecule has 1 aliphatic heterocycles. The second kappa shape index (κ2) is 4.62. The number of anilines is 1. The maximum absolute atomic E-state index is 12.4. The third-order valence-electron chi connectivity index (χ3n) is 4.60. The summed E-state index contributed by atoms with van der Waals surface area (Å²) in [7, 11) is 0. The maximum atomic E-state index is 12.4. The molecule has 1 fully saturated rings. The standard InChI is InChI=1S/C16H20N2O2/c1-16(7-3-2-4-8-16)10-18-14(19)12-6-5-11(17)9-13(12)15(18)20/h5-6,9H,2-4,7-8,10,17H2,1H3. The maximum Gasteiger partial charge on any atom is 0.261 e. The molecular formula is C16H20N2O2. The van der Waals surface area contributed by atoms with Crippen molar-refractivity contribution < 1.29 is 9.59 Å². The van der Waals surface area contributed by atoms with Gasteiger partial charge in [-0.2, -0.15) is 0 Å². The molecule has 0 atom stereocenters. The van der Waals surface area contributed by atoms with Gasteiger partial charge in [0, 0.05) is 12.2 Å². The zero-order valence-electron chi connectivity index (χ0n) is 11.8. The van der Waals surface area contributed by atoms with Crippen LogP contribution in [-0.4, -0.2) is 23.3 Å². The highest BCUT2D eigenvalue weighted by atomic mass is 16.2. The Morgan fingerprint density at radius 1 is 1.10 bits per heavy atom. The van der Waals surface area contributed by atoms with Gasteiger partial charge in [0.1, 0.15) is 0 Å². The van der Waals surface area contributed by atoms with Crippen LogP contribution in [0, 0.1) is 5.41 Å². The average molecular weight is 272 g/mol. The predicted octanol–water partition coefficient (Wildman–Crippen LogP) is 2.84. The van der Waals surface area contributed by atoms with E-state index in [0.29, 0.717) is 23.4 Å². The number of hydrogen-bond acceptors (Lipinski definition) is 3. The number of imide groups is 1. The topological polar surface area (TPSA) is 63.4 Å². The van der Waals surface area contributed by atoms with Gasteiger partial charge in [0.05, 0.1) is 11.1 Å². The normalized spacial score (nSPS) is 21.1. The molecule has 106 valence electrons. The Morgan fingerprint density at radius 3 is 2.45 bits per heavy atom. The van der Waals surface area contributed by atoms with Crippen molar-refractivity contribution in [1.29, 1.82) is 0 Å². The summed E-state index contributed by atoms with van der Waals surface area (Å²) in [6.07, 6.45) is 5.80. The zero-order valence-corrected chi connectivity index (χ0v) is 11.8. The number of benzene rings is 1. The SMILES string of the molecule is CC1(CN2C(=O)c3ccc(N)cc3C2=O)CCCCC1. The van der Waals surface area contributed by atoms with Crippen molar-refractivity contribution in [2.75, 3.05) is 12.3 Å². The molecule has 20 heavy (non-hydrogen) atoms. The molecular weight excluding hydrogens is 252 g/mol. The van der Waals surface area contributed by atoms with Crippen molar-refractivity contribution in [3.63, 3.8) is 0 Å². The molecule has 1 saturated carbocycles. The molecule has 4 heteroatoms. The Morgan fingerprint density at radius 2 is 1.75 bits per heavy atom. The first-order chi connectivity index (χ1) is 9.50. The summed E-state index contributed by atoms with van der Waals surface area (Å²) in [6, 6.07) is 4.95. The molecule has 2 amide bonds. The van der Waals surface area contributed by atoms with Crippen molar-refractivity contribution in [1.82, 2.24) is 4.90 Å². The quantitative estimate of drug-likeness (QED) is 0.665. The molecule has 3 rings (SSSR count). The van der Waals surface area contributed by atoms with Crippen LogP contribution in [0.3, 0.4) is 0 Å².